The third-order valence-corrected chi connectivity index (χ3v) is 11.9. The molecule has 0 aromatic heterocycles. The van der Waals surface area contributed by atoms with Crippen LogP contribution in [0.5, 0.6) is 0 Å². The largest absolute Gasteiger partial charge is 2.00 e. The second kappa shape index (κ2) is 14.9. The van der Waals surface area contributed by atoms with Gasteiger partial charge in [0.2, 0.25) is 0 Å². The minimum Gasteiger partial charge on any atom is -0.358 e. The van der Waals surface area contributed by atoms with E-state index in [1.54, 1.807) is 0 Å². The smallest absolute Gasteiger partial charge is 0.358 e. The molecule has 0 N–H and O–H groups in total. The summed E-state index contributed by atoms with van der Waals surface area (Å²) in [6, 6.07) is 1.53. The van der Waals surface area contributed by atoms with Gasteiger partial charge in [-0.25, -0.2) is 0 Å². The molecule has 5 heteroatoms. The van der Waals surface area contributed by atoms with Crippen LogP contribution in [0.15, 0.2) is 0 Å². The van der Waals surface area contributed by atoms with Crippen LogP contribution < -0.4 is 0 Å². The molecule has 2 aliphatic heterocycles. The van der Waals surface area contributed by atoms with E-state index >= 15 is 0 Å². The average molecular weight is 463 g/mol. The summed E-state index contributed by atoms with van der Waals surface area (Å²) in [5, 5.41) is 0. The van der Waals surface area contributed by atoms with E-state index in [2.05, 4.69) is 23.2 Å². The predicted octanol–water partition coefficient (Wildman–Crippen LogP) is 7.46. The van der Waals surface area contributed by atoms with Crippen LogP contribution in [-0.2, 0) is 17.1 Å². The van der Waals surface area contributed by atoms with Gasteiger partial charge in [-0.2, -0.15) is 9.34 Å². The van der Waals surface area contributed by atoms with Gasteiger partial charge in [0.15, 0.2) is 0 Å². The molecule has 2 radical (unpaired) electrons. The van der Waals surface area contributed by atoms with Gasteiger partial charge in [0.25, 0.3) is 0 Å². The van der Waals surface area contributed by atoms with Gasteiger partial charge in [0.1, 0.15) is 7.44 Å². The molecular formula is C24H49BFeN2P+. The average Bonchev–Trinajstić information content (AvgIpc) is 3.46. The fraction of sp³-hybridized carbons (Fsp3) is 0.917. The van der Waals surface area contributed by atoms with E-state index in [1.165, 1.54) is 109 Å². The summed E-state index contributed by atoms with van der Waals surface area (Å²) in [5.74, 6) is 0. The van der Waals surface area contributed by atoms with Crippen LogP contribution in [0.1, 0.15) is 110 Å². The molecule has 170 valence electrons. The maximum absolute atomic E-state index is 7.41. The second-order valence-corrected chi connectivity index (χ2v) is 12.3. The first-order valence-electron chi connectivity index (χ1n) is 11.9. The standard InChI is InChI=1S/C17H33BN2P.C5H10.2CH3.Fe/c1-3-15-9-7-13-19(15)21(18,17-11-5-6-12-17)20-14-8-10-16(20)4-2;1-2-4-5-3-1;;;/h15-17H,3-14H2,1-2H3;1-5H2;2*1H3;/q+1;;2*-1;+2/t15-,16-;;;;/m1..../s1. The van der Waals surface area contributed by atoms with E-state index in [9.17, 15) is 0 Å². The normalized spacial score (nSPS) is 28.2. The number of hydrogen-bond acceptors (Lipinski definition) is 2. The van der Waals surface area contributed by atoms with Crippen molar-refractivity contribution in [2.75, 3.05) is 13.1 Å². The summed E-state index contributed by atoms with van der Waals surface area (Å²) in [5.41, 5.74) is 0.803. The van der Waals surface area contributed by atoms with Crippen molar-refractivity contribution >= 4 is 15.0 Å². The van der Waals surface area contributed by atoms with Gasteiger partial charge < -0.3 is 14.9 Å². The molecule has 0 bridgehead atoms. The minimum atomic E-state index is -1.59. The monoisotopic (exact) mass is 463 g/mol. The van der Waals surface area contributed by atoms with Crippen LogP contribution in [0.2, 0.25) is 0 Å². The molecule has 0 amide bonds. The zero-order valence-electron chi connectivity index (χ0n) is 20.0. The molecule has 4 fully saturated rings. The van der Waals surface area contributed by atoms with Crippen LogP contribution in [0.4, 0.5) is 0 Å². The van der Waals surface area contributed by atoms with Gasteiger partial charge >= 0.3 is 24.6 Å². The second-order valence-electron chi connectivity index (χ2n) is 9.14. The Labute approximate surface area is 197 Å². The van der Waals surface area contributed by atoms with Crippen molar-refractivity contribution in [2.24, 2.45) is 0 Å². The Hall–Kier alpha value is 0.934. The molecule has 4 rings (SSSR count). The minimum absolute atomic E-state index is 0. The van der Waals surface area contributed by atoms with Gasteiger partial charge in [-0.3, -0.25) is 0 Å². The maximum atomic E-state index is 7.41. The van der Waals surface area contributed by atoms with E-state index in [0.717, 1.165) is 17.7 Å². The van der Waals surface area contributed by atoms with Gasteiger partial charge in [-0.15, -0.1) is 0 Å². The molecule has 2 atom stereocenters. The molecule has 0 aromatic rings. The Balaban J connectivity index is 0.000000863. The van der Waals surface area contributed by atoms with Crippen molar-refractivity contribution in [2.45, 2.75) is 128 Å². The Morgan fingerprint density at radius 3 is 1.38 bits per heavy atom. The first-order chi connectivity index (χ1) is 12.7. The Bertz CT molecular complexity index is 386. The van der Waals surface area contributed by atoms with Crippen molar-refractivity contribution in [3.05, 3.63) is 14.9 Å². The molecule has 0 unspecified atom stereocenters. The van der Waals surface area contributed by atoms with Crippen LogP contribution in [0, 0.1) is 14.9 Å². The van der Waals surface area contributed by atoms with Gasteiger partial charge in [0, 0.05) is 25.2 Å². The molecule has 29 heavy (non-hydrogen) atoms. The molecule has 2 saturated heterocycles. The third kappa shape index (κ3) is 6.96. The third-order valence-electron chi connectivity index (χ3n) is 7.57. The molecule has 0 spiro atoms. The van der Waals surface area contributed by atoms with Gasteiger partial charge in [0.05, 0.1) is 5.66 Å². The zero-order chi connectivity index (χ0) is 18.4. The SMILES string of the molecule is C1CCCC1.[B][P+](C1CCCC1)(N1CCC[C@H]1CC)N1CCC[C@H]1CC.[CH3-].[CH3-].[Fe+2]. The zero-order valence-corrected chi connectivity index (χ0v) is 22.0. The first kappa shape index (κ1) is 29.9. The summed E-state index contributed by atoms with van der Waals surface area (Å²) < 4.78 is 5.69. The molecule has 4 aliphatic rings. The van der Waals surface area contributed by atoms with Crippen LogP contribution >= 0.6 is 7.44 Å². The maximum Gasteiger partial charge on any atom is 2.00 e. The van der Waals surface area contributed by atoms with E-state index < -0.39 is 7.44 Å². The topological polar surface area (TPSA) is 6.48 Å². The Morgan fingerprint density at radius 1 is 0.655 bits per heavy atom. The first-order valence-corrected chi connectivity index (χ1v) is 13.8. The summed E-state index contributed by atoms with van der Waals surface area (Å²) >= 11 is 0. The summed E-state index contributed by atoms with van der Waals surface area (Å²) in [6.45, 7) is 7.27. The van der Waals surface area contributed by atoms with E-state index in [1.807, 2.05) is 0 Å². The number of rotatable bonds is 5. The molecule has 2 heterocycles. The fourth-order valence-corrected chi connectivity index (χ4v) is 10.8. The van der Waals surface area contributed by atoms with Crippen LogP contribution in [0.3, 0.4) is 0 Å². The number of hydrogen-bond donors (Lipinski definition) is 0. The molecule has 2 nitrogen and oxygen atoms in total. The van der Waals surface area contributed by atoms with Crippen molar-refractivity contribution in [3.63, 3.8) is 0 Å². The quantitative estimate of drug-likeness (QED) is 0.237. The van der Waals surface area contributed by atoms with E-state index in [-0.39, 0.29) is 31.9 Å². The summed E-state index contributed by atoms with van der Waals surface area (Å²) in [7, 11) is 5.82. The molecular weight excluding hydrogens is 414 g/mol. The predicted molar refractivity (Wildman–Crippen MR) is 131 cm³/mol. The van der Waals surface area contributed by atoms with E-state index in [4.69, 9.17) is 7.57 Å². The number of nitrogens with zero attached hydrogens (tertiary/aromatic N) is 2. The van der Waals surface area contributed by atoms with Crippen LogP contribution in [0.25, 0.3) is 0 Å². The Morgan fingerprint density at radius 2 is 1.03 bits per heavy atom. The van der Waals surface area contributed by atoms with Crippen molar-refractivity contribution in [1.82, 2.24) is 9.34 Å². The molecule has 0 aromatic carbocycles. The Kier molecular flexibility index (Phi) is 15.4. The van der Waals surface area contributed by atoms with Gasteiger partial charge in [-0.05, 0) is 64.2 Å². The molecule has 2 saturated carbocycles. The summed E-state index contributed by atoms with van der Waals surface area (Å²) in [4.78, 5) is 0. The molecule has 2 aliphatic carbocycles. The van der Waals surface area contributed by atoms with E-state index in [0.29, 0.717) is 0 Å². The van der Waals surface area contributed by atoms with Crippen molar-refractivity contribution < 1.29 is 17.1 Å². The van der Waals surface area contributed by atoms with Gasteiger partial charge in [-0.1, -0.05) is 46.0 Å². The summed E-state index contributed by atoms with van der Waals surface area (Å²) in [6.07, 6.45) is 21.2. The van der Waals surface area contributed by atoms with Crippen molar-refractivity contribution in [1.29, 1.82) is 0 Å². The van der Waals surface area contributed by atoms with Crippen molar-refractivity contribution in [3.8, 4) is 0 Å². The fourth-order valence-electron chi connectivity index (χ4n) is 6.05. The van der Waals surface area contributed by atoms with Crippen LogP contribution in [-0.4, -0.2) is 47.7 Å².